The second-order valence-corrected chi connectivity index (χ2v) is 8.57. The number of nitrogens with zero attached hydrogens (tertiary/aromatic N) is 2. The molecule has 0 bridgehead atoms. The van der Waals surface area contributed by atoms with Gasteiger partial charge in [0.15, 0.2) is 0 Å². The number of piperidine rings is 1. The molecule has 1 heterocycles. The van der Waals surface area contributed by atoms with Crippen LogP contribution in [0, 0.1) is 18.7 Å². The molecule has 1 saturated heterocycles. The fourth-order valence-corrected chi connectivity index (χ4v) is 4.32. The summed E-state index contributed by atoms with van der Waals surface area (Å²) in [6.45, 7) is 6.60. The van der Waals surface area contributed by atoms with Crippen LogP contribution in [0.25, 0.3) is 0 Å². The SMILES string of the molecule is COCCN(CC1CCN(Cc2ccccc2F)CC1)C(=O)CCc1ccccc1C. The van der Waals surface area contributed by atoms with Gasteiger partial charge in [-0.15, -0.1) is 0 Å². The Morgan fingerprint density at radius 3 is 2.45 bits per heavy atom. The lowest BCUT2D eigenvalue weighted by Gasteiger charge is -2.35. The number of carbonyl (C=O) groups is 1. The van der Waals surface area contributed by atoms with E-state index in [9.17, 15) is 9.18 Å². The van der Waals surface area contributed by atoms with Crippen LogP contribution in [0.4, 0.5) is 4.39 Å². The van der Waals surface area contributed by atoms with Gasteiger partial charge in [0.2, 0.25) is 5.91 Å². The molecule has 5 heteroatoms. The first kappa shape index (κ1) is 23.4. The summed E-state index contributed by atoms with van der Waals surface area (Å²) >= 11 is 0. The molecule has 0 spiro atoms. The summed E-state index contributed by atoms with van der Waals surface area (Å²) in [6.07, 6.45) is 3.36. The van der Waals surface area contributed by atoms with Crippen LogP contribution >= 0.6 is 0 Å². The van der Waals surface area contributed by atoms with Crippen molar-refractivity contribution in [2.75, 3.05) is 39.9 Å². The highest BCUT2D eigenvalue weighted by molar-refractivity contribution is 5.76. The van der Waals surface area contributed by atoms with E-state index in [0.29, 0.717) is 32.0 Å². The lowest BCUT2D eigenvalue weighted by molar-refractivity contribution is -0.132. The fraction of sp³-hybridized carbons (Fsp3) is 0.500. The monoisotopic (exact) mass is 426 g/mol. The van der Waals surface area contributed by atoms with Gasteiger partial charge in [0, 0.05) is 38.7 Å². The van der Waals surface area contributed by atoms with E-state index in [1.165, 1.54) is 17.2 Å². The first-order valence-electron chi connectivity index (χ1n) is 11.3. The van der Waals surface area contributed by atoms with Gasteiger partial charge in [-0.2, -0.15) is 0 Å². The van der Waals surface area contributed by atoms with E-state index in [1.807, 2.05) is 29.2 Å². The van der Waals surface area contributed by atoms with Gasteiger partial charge in [-0.25, -0.2) is 4.39 Å². The van der Waals surface area contributed by atoms with Gasteiger partial charge in [-0.05, 0) is 62.4 Å². The van der Waals surface area contributed by atoms with Crippen LogP contribution in [-0.2, 0) is 22.5 Å². The van der Waals surface area contributed by atoms with Crippen LogP contribution in [0.2, 0.25) is 0 Å². The molecule has 2 aromatic rings. The summed E-state index contributed by atoms with van der Waals surface area (Å²) in [6, 6.07) is 15.3. The molecule has 0 atom stereocenters. The van der Waals surface area contributed by atoms with E-state index in [2.05, 4.69) is 24.0 Å². The average Bonchev–Trinajstić information content (AvgIpc) is 2.78. The molecule has 31 heavy (non-hydrogen) atoms. The first-order valence-corrected chi connectivity index (χ1v) is 11.3. The van der Waals surface area contributed by atoms with Crippen LogP contribution in [-0.4, -0.2) is 55.6 Å². The predicted octanol–water partition coefficient (Wildman–Crippen LogP) is 4.45. The van der Waals surface area contributed by atoms with Crippen LogP contribution in [0.5, 0.6) is 0 Å². The van der Waals surface area contributed by atoms with Gasteiger partial charge in [0.25, 0.3) is 0 Å². The second-order valence-electron chi connectivity index (χ2n) is 8.57. The lowest BCUT2D eigenvalue weighted by atomic mass is 9.95. The summed E-state index contributed by atoms with van der Waals surface area (Å²) in [7, 11) is 1.68. The zero-order valence-electron chi connectivity index (χ0n) is 18.9. The zero-order chi connectivity index (χ0) is 22.1. The van der Waals surface area contributed by atoms with Crippen molar-refractivity contribution in [3.8, 4) is 0 Å². The molecule has 0 aliphatic carbocycles. The topological polar surface area (TPSA) is 32.8 Å². The number of halogens is 1. The summed E-state index contributed by atoms with van der Waals surface area (Å²) < 4.78 is 19.2. The van der Waals surface area contributed by atoms with Crippen molar-refractivity contribution in [2.24, 2.45) is 5.92 Å². The van der Waals surface area contributed by atoms with Crippen LogP contribution < -0.4 is 0 Å². The van der Waals surface area contributed by atoms with Crippen molar-refractivity contribution in [1.29, 1.82) is 0 Å². The minimum atomic E-state index is -0.130. The molecule has 1 amide bonds. The Bertz CT molecular complexity index is 834. The standard InChI is InChI=1S/C26H35FN2O2/c1-21-7-3-4-8-23(21)11-12-26(30)29(17-18-31-2)19-22-13-15-28(16-14-22)20-24-9-5-6-10-25(24)27/h3-10,22H,11-20H2,1-2H3. The summed E-state index contributed by atoms with van der Waals surface area (Å²) in [5.41, 5.74) is 3.24. The molecular weight excluding hydrogens is 391 g/mol. The molecule has 1 aliphatic heterocycles. The van der Waals surface area contributed by atoms with Gasteiger partial charge < -0.3 is 9.64 Å². The van der Waals surface area contributed by atoms with E-state index in [-0.39, 0.29) is 11.7 Å². The smallest absolute Gasteiger partial charge is 0.222 e. The van der Waals surface area contributed by atoms with Gasteiger partial charge in [0.1, 0.15) is 5.82 Å². The van der Waals surface area contributed by atoms with Crippen molar-refractivity contribution in [3.05, 3.63) is 71.0 Å². The Labute approximate surface area is 186 Å². The van der Waals surface area contributed by atoms with Gasteiger partial charge in [-0.1, -0.05) is 42.5 Å². The molecule has 1 fully saturated rings. The number of likely N-dealkylation sites (tertiary alicyclic amines) is 1. The number of carbonyl (C=O) groups excluding carboxylic acids is 1. The van der Waals surface area contributed by atoms with Crippen LogP contribution in [0.3, 0.4) is 0 Å². The number of amides is 1. The zero-order valence-corrected chi connectivity index (χ0v) is 18.9. The molecule has 2 aromatic carbocycles. The van der Waals surface area contributed by atoms with E-state index in [0.717, 1.165) is 44.5 Å². The van der Waals surface area contributed by atoms with Crippen molar-refractivity contribution in [1.82, 2.24) is 9.80 Å². The predicted molar refractivity (Wildman–Crippen MR) is 122 cm³/mol. The Hall–Kier alpha value is -2.24. The highest BCUT2D eigenvalue weighted by Gasteiger charge is 2.24. The molecular formula is C26H35FN2O2. The molecule has 0 radical (unpaired) electrons. The van der Waals surface area contributed by atoms with Crippen LogP contribution in [0.15, 0.2) is 48.5 Å². The normalized spacial score (nSPS) is 15.2. The van der Waals surface area contributed by atoms with Gasteiger partial charge in [0.05, 0.1) is 6.61 Å². The minimum absolute atomic E-state index is 0.130. The third kappa shape index (κ3) is 7.15. The lowest BCUT2D eigenvalue weighted by Crippen LogP contribution is -2.42. The number of methoxy groups -OCH3 is 1. The Morgan fingerprint density at radius 2 is 1.77 bits per heavy atom. The van der Waals surface area contributed by atoms with Crippen molar-refractivity contribution in [3.63, 3.8) is 0 Å². The molecule has 0 N–H and O–H groups in total. The highest BCUT2D eigenvalue weighted by Crippen LogP contribution is 2.21. The highest BCUT2D eigenvalue weighted by atomic mass is 19.1. The molecule has 0 aromatic heterocycles. The summed E-state index contributed by atoms with van der Waals surface area (Å²) in [5, 5.41) is 0. The van der Waals surface area contributed by atoms with Crippen LogP contribution in [0.1, 0.15) is 36.0 Å². The number of hydrogen-bond donors (Lipinski definition) is 0. The maximum absolute atomic E-state index is 13.9. The molecule has 0 saturated carbocycles. The molecule has 168 valence electrons. The van der Waals surface area contributed by atoms with Crippen molar-refractivity contribution >= 4 is 5.91 Å². The molecule has 4 nitrogen and oxygen atoms in total. The Kier molecular flexibility index (Phi) is 9.04. The second kappa shape index (κ2) is 12.0. The fourth-order valence-electron chi connectivity index (χ4n) is 4.32. The summed E-state index contributed by atoms with van der Waals surface area (Å²) in [5.74, 6) is 0.555. The van der Waals surface area contributed by atoms with E-state index in [4.69, 9.17) is 4.74 Å². The van der Waals surface area contributed by atoms with Crippen molar-refractivity contribution in [2.45, 2.75) is 39.2 Å². The number of aryl methyl sites for hydroxylation is 2. The number of hydrogen-bond acceptors (Lipinski definition) is 3. The number of rotatable bonds is 10. The number of benzene rings is 2. The summed E-state index contributed by atoms with van der Waals surface area (Å²) in [4.78, 5) is 17.3. The van der Waals surface area contributed by atoms with Gasteiger partial charge in [-0.3, -0.25) is 9.69 Å². The number of ether oxygens (including phenoxy) is 1. The van der Waals surface area contributed by atoms with E-state index >= 15 is 0 Å². The van der Waals surface area contributed by atoms with Crippen molar-refractivity contribution < 1.29 is 13.9 Å². The maximum atomic E-state index is 13.9. The van der Waals surface area contributed by atoms with E-state index in [1.54, 1.807) is 13.2 Å². The average molecular weight is 427 g/mol. The Morgan fingerprint density at radius 1 is 1.10 bits per heavy atom. The largest absolute Gasteiger partial charge is 0.383 e. The molecule has 0 unspecified atom stereocenters. The van der Waals surface area contributed by atoms with Gasteiger partial charge >= 0.3 is 0 Å². The molecule has 3 rings (SSSR count). The quantitative estimate of drug-likeness (QED) is 0.563. The Balaban J connectivity index is 1.49. The maximum Gasteiger partial charge on any atom is 0.222 e. The molecule has 1 aliphatic rings. The first-order chi connectivity index (χ1) is 15.1. The third-order valence-electron chi connectivity index (χ3n) is 6.33. The third-order valence-corrected chi connectivity index (χ3v) is 6.33. The minimum Gasteiger partial charge on any atom is -0.383 e. The van der Waals surface area contributed by atoms with E-state index < -0.39 is 0 Å².